The van der Waals surface area contributed by atoms with Crippen molar-refractivity contribution in [1.82, 2.24) is 0 Å². The molecule has 1 heteroatoms. The van der Waals surface area contributed by atoms with E-state index in [2.05, 4.69) is 27.7 Å². The van der Waals surface area contributed by atoms with Gasteiger partial charge in [-0.25, -0.2) is 0 Å². The van der Waals surface area contributed by atoms with Crippen LogP contribution >= 0.6 is 0 Å². The molecule has 7 unspecified atom stereocenters. The molecule has 1 nitrogen and oxygen atoms in total. The van der Waals surface area contributed by atoms with Gasteiger partial charge in [-0.05, 0) is 86.4 Å². The predicted octanol–water partition coefficient (Wildman–Crippen LogP) is 7.29. The number of hydrogen-bond donors (Lipinski definition) is 0. The molecule has 0 amide bonds. The molecule has 3 rings (SSSR count). The van der Waals surface area contributed by atoms with E-state index in [1.54, 1.807) is 0 Å². The lowest BCUT2D eigenvalue weighted by atomic mass is 9.46. The molecule has 3 aliphatic carbocycles. The van der Waals surface area contributed by atoms with Crippen molar-refractivity contribution in [2.75, 3.05) is 0 Å². The molecule has 0 aromatic heterocycles. The number of rotatable bonds is 4. The lowest BCUT2D eigenvalue weighted by Gasteiger charge is -2.59. The zero-order chi connectivity index (χ0) is 18.8. The van der Waals surface area contributed by atoms with Crippen LogP contribution in [-0.4, -0.2) is 5.78 Å². The maximum Gasteiger partial charge on any atom is 0.133 e. The number of fused-ring (bicyclic) bond motifs is 3. The second-order valence-electron chi connectivity index (χ2n) is 9.60. The molecule has 0 aromatic carbocycles. The van der Waals surface area contributed by atoms with E-state index in [1.165, 1.54) is 57.8 Å². The van der Waals surface area contributed by atoms with E-state index in [9.17, 15) is 4.79 Å². The van der Waals surface area contributed by atoms with Gasteiger partial charge in [0.2, 0.25) is 0 Å². The van der Waals surface area contributed by atoms with Crippen LogP contribution in [0.25, 0.3) is 0 Å². The van der Waals surface area contributed by atoms with Crippen LogP contribution in [0.1, 0.15) is 106 Å². The molecule has 0 bridgehead atoms. The highest BCUT2D eigenvalue weighted by Gasteiger charge is 2.59. The molecule has 25 heavy (non-hydrogen) atoms. The Morgan fingerprint density at radius 1 is 0.960 bits per heavy atom. The molecule has 3 saturated carbocycles. The molecule has 0 aromatic rings. The topological polar surface area (TPSA) is 17.1 Å². The van der Waals surface area contributed by atoms with Crippen LogP contribution in [0.5, 0.6) is 0 Å². The molecule has 0 saturated heterocycles. The van der Waals surface area contributed by atoms with E-state index < -0.39 is 0 Å². The molecule has 0 aliphatic heterocycles. The van der Waals surface area contributed by atoms with E-state index in [0.717, 1.165) is 23.7 Å². The average Bonchev–Trinajstić information content (AvgIpc) is 2.94. The number of Topliss-reactive ketones (excluding diaryl/α,β-unsaturated/α-hetero) is 1. The number of ketones is 1. The van der Waals surface area contributed by atoms with Crippen LogP contribution in [0.2, 0.25) is 0 Å². The Balaban J connectivity index is 0.00000109. The maximum absolute atomic E-state index is 12.2. The fraction of sp³-hybridized carbons (Fsp3) is 0.958. The summed E-state index contributed by atoms with van der Waals surface area (Å²) in [5, 5.41) is 0. The quantitative estimate of drug-likeness (QED) is 0.521. The van der Waals surface area contributed by atoms with Crippen LogP contribution in [0.4, 0.5) is 0 Å². The molecular formula is C24H44O. The Hall–Kier alpha value is -0.330. The first-order chi connectivity index (χ1) is 11.9. The van der Waals surface area contributed by atoms with Crippen molar-refractivity contribution in [3.05, 3.63) is 0 Å². The third-order valence-corrected chi connectivity index (χ3v) is 8.84. The van der Waals surface area contributed by atoms with E-state index >= 15 is 0 Å². The van der Waals surface area contributed by atoms with Crippen molar-refractivity contribution in [3.8, 4) is 0 Å². The largest absolute Gasteiger partial charge is 0.300 e. The molecule has 0 radical (unpaired) electrons. The summed E-state index contributed by atoms with van der Waals surface area (Å²) in [7, 11) is 0. The van der Waals surface area contributed by atoms with Crippen molar-refractivity contribution < 1.29 is 4.79 Å². The van der Waals surface area contributed by atoms with Gasteiger partial charge in [0.25, 0.3) is 0 Å². The Morgan fingerprint density at radius 3 is 2.20 bits per heavy atom. The van der Waals surface area contributed by atoms with E-state index in [0.29, 0.717) is 22.5 Å². The predicted molar refractivity (Wildman–Crippen MR) is 109 cm³/mol. The fourth-order valence-corrected chi connectivity index (χ4v) is 7.80. The van der Waals surface area contributed by atoms with Gasteiger partial charge < -0.3 is 0 Å². The molecule has 0 spiro atoms. The second kappa shape index (κ2) is 8.13. The monoisotopic (exact) mass is 348 g/mol. The van der Waals surface area contributed by atoms with Crippen molar-refractivity contribution in [3.63, 3.8) is 0 Å². The van der Waals surface area contributed by atoms with Crippen LogP contribution in [-0.2, 0) is 4.79 Å². The van der Waals surface area contributed by atoms with Gasteiger partial charge in [0.15, 0.2) is 0 Å². The molecule has 0 N–H and O–H groups in total. The Morgan fingerprint density at radius 2 is 1.64 bits per heavy atom. The molecule has 3 aliphatic rings. The molecule has 7 atom stereocenters. The summed E-state index contributed by atoms with van der Waals surface area (Å²) in [6.07, 6.45) is 12.1. The molecule has 146 valence electrons. The van der Waals surface area contributed by atoms with E-state index in [1.807, 2.05) is 20.8 Å². The van der Waals surface area contributed by atoms with Crippen molar-refractivity contribution in [2.45, 2.75) is 106 Å². The summed E-state index contributed by atoms with van der Waals surface area (Å²) in [5.41, 5.74) is 0.876. The maximum atomic E-state index is 12.2. The van der Waals surface area contributed by atoms with Crippen LogP contribution in [0, 0.1) is 40.4 Å². The van der Waals surface area contributed by atoms with Gasteiger partial charge in [-0.1, -0.05) is 54.4 Å². The van der Waals surface area contributed by atoms with Gasteiger partial charge in [0, 0.05) is 5.92 Å². The first kappa shape index (κ1) is 21.0. The highest BCUT2D eigenvalue weighted by molar-refractivity contribution is 5.79. The van der Waals surface area contributed by atoms with Crippen LogP contribution in [0.15, 0.2) is 0 Å². The van der Waals surface area contributed by atoms with Crippen LogP contribution < -0.4 is 0 Å². The summed E-state index contributed by atoms with van der Waals surface area (Å²) in [5.74, 6) is 4.39. The Bertz CT molecular complexity index is 455. The SMILES string of the molecule is CC.CCCC1(C)C(CC)CCC2C1CCC1(C)C(C(C)=O)CCC21. The highest BCUT2D eigenvalue weighted by Crippen LogP contribution is 2.66. The number of carbonyl (C=O) groups excluding carboxylic acids is 1. The fourth-order valence-electron chi connectivity index (χ4n) is 7.80. The molecule has 3 fully saturated rings. The van der Waals surface area contributed by atoms with E-state index in [-0.39, 0.29) is 0 Å². The van der Waals surface area contributed by atoms with Gasteiger partial charge in [-0.2, -0.15) is 0 Å². The summed E-state index contributed by atoms with van der Waals surface area (Å²) in [6, 6.07) is 0. The first-order valence-corrected chi connectivity index (χ1v) is 11.4. The normalized spacial score (nSPS) is 45.8. The Labute approximate surface area is 157 Å². The van der Waals surface area contributed by atoms with Gasteiger partial charge in [0.05, 0.1) is 0 Å². The molecule has 0 heterocycles. The third kappa shape index (κ3) is 3.34. The zero-order valence-corrected chi connectivity index (χ0v) is 18.2. The standard InChI is InChI=1S/C22H38O.C2H6/c1-6-13-21(4)16(7-2)8-9-17-19-11-10-18(15(3)23)22(19,5)14-12-20(17)21;1-2/h16-20H,6-14H2,1-5H3;1-2H3. The van der Waals surface area contributed by atoms with Crippen molar-refractivity contribution in [1.29, 1.82) is 0 Å². The minimum atomic E-state index is 0.319. The van der Waals surface area contributed by atoms with E-state index in [4.69, 9.17) is 0 Å². The lowest BCUT2D eigenvalue weighted by molar-refractivity contribution is -0.131. The molecular weight excluding hydrogens is 304 g/mol. The van der Waals surface area contributed by atoms with Crippen LogP contribution in [0.3, 0.4) is 0 Å². The summed E-state index contributed by atoms with van der Waals surface area (Å²) >= 11 is 0. The second-order valence-corrected chi connectivity index (χ2v) is 9.60. The zero-order valence-electron chi connectivity index (χ0n) is 18.2. The Kier molecular flexibility index (Phi) is 6.83. The average molecular weight is 349 g/mol. The van der Waals surface area contributed by atoms with Gasteiger partial charge in [-0.3, -0.25) is 4.79 Å². The minimum Gasteiger partial charge on any atom is -0.300 e. The first-order valence-electron chi connectivity index (χ1n) is 11.4. The lowest BCUT2D eigenvalue weighted by Crippen LogP contribution is -2.52. The number of carbonyl (C=O) groups is 1. The number of hydrogen-bond acceptors (Lipinski definition) is 1. The smallest absolute Gasteiger partial charge is 0.133 e. The minimum absolute atomic E-state index is 0.319. The van der Waals surface area contributed by atoms with Gasteiger partial charge in [0.1, 0.15) is 5.78 Å². The summed E-state index contributed by atoms with van der Waals surface area (Å²) in [6.45, 7) is 15.7. The summed E-state index contributed by atoms with van der Waals surface area (Å²) < 4.78 is 0. The summed E-state index contributed by atoms with van der Waals surface area (Å²) in [4.78, 5) is 12.2. The van der Waals surface area contributed by atoms with Gasteiger partial charge >= 0.3 is 0 Å². The highest BCUT2D eigenvalue weighted by atomic mass is 16.1. The third-order valence-electron chi connectivity index (χ3n) is 8.84. The van der Waals surface area contributed by atoms with Crippen molar-refractivity contribution in [2.24, 2.45) is 40.4 Å². The van der Waals surface area contributed by atoms with Gasteiger partial charge in [-0.15, -0.1) is 0 Å². The van der Waals surface area contributed by atoms with Crippen molar-refractivity contribution >= 4 is 5.78 Å².